The van der Waals surface area contributed by atoms with E-state index in [1.54, 1.807) is 6.92 Å². The minimum absolute atomic E-state index is 0.102. The van der Waals surface area contributed by atoms with Crippen molar-refractivity contribution in [3.05, 3.63) is 10.6 Å². The molecule has 6 heteroatoms. The van der Waals surface area contributed by atoms with E-state index in [0.29, 0.717) is 10.6 Å². The highest BCUT2D eigenvalue weighted by Gasteiger charge is 2.13. The number of carbonyl (C=O) groups excluding carboxylic acids is 2. The Morgan fingerprint density at radius 2 is 2.15 bits per heavy atom. The van der Waals surface area contributed by atoms with Gasteiger partial charge in [0.2, 0.25) is 0 Å². The highest BCUT2D eigenvalue weighted by atomic mass is 32.1. The molecule has 1 amide bonds. The summed E-state index contributed by atoms with van der Waals surface area (Å²) < 4.78 is 4.52. The van der Waals surface area contributed by atoms with Crippen molar-refractivity contribution in [1.29, 1.82) is 0 Å². The van der Waals surface area contributed by atoms with Gasteiger partial charge in [0, 0.05) is 6.92 Å². The maximum absolute atomic E-state index is 11.0. The smallest absolute Gasteiger partial charge is 0.381 e. The predicted molar refractivity (Wildman–Crippen MR) is 47.1 cm³/mol. The Kier molecular flexibility index (Phi) is 2.62. The van der Waals surface area contributed by atoms with E-state index >= 15 is 0 Å². The van der Waals surface area contributed by atoms with Crippen molar-refractivity contribution in [1.82, 2.24) is 4.98 Å². The van der Waals surface area contributed by atoms with Crippen LogP contribution in [0.4, 0.5) is 4.79 Å². The van der Waals surface area contributed by atoms with Gasteiger partial charge >= 0.3 is 6.09 Å². The number of ether oxygens (including phenoxy) is 1. The van der Waals surface area contributed by atoms with Crippen LogP contribution >= 0.6 is 11.3 Å². The number of hydrogen-bond donors (Lipinski definition) is 1. The van der Waals surface area contributed by atoms with E-state index in [0.717, 1.165) is 11.3 Å². The van der Waals surface area contributed by atoms with Crippen molar-refractivity contribution in [3.8, 4) is 5.19 Å². The number of carbonyl (C=O) groups is 2. The van der Waals surface area contributed by atoms with E-state index in [1.807, 2.05) is 0 Å². The van der Waals surface area contributed by atoms with Crippen molar-refractivity contribution in [2.45, 2.75) is 13.8 Å². The Labute approximate surface area is 78.5 Å². The van der Waals surface area contributed by atoms with Gasteiger partial charge in [0.25, 0.3) is 5.19 Å². The maximum Gasteiger partial charge on any atom is 0.411 e. The zero-order chi connectivity index (χ0) is 10.0. The third-order valence-corrected chi connectivity index (χ3v) is 2.42. The molecular weight excluding hydrogens is 192 g/mol. The first-order valence-electron chi connectivity index (χ1n) is 3.46. The second-order valence-electron chi connectivity index (χ2n) is 2.37. The molecule has 0 aliphatic heterocycles. The largest absolute Gasteiger partial charge is 0.411 e. The molecule has 0 saturated heterocycles. The summed E-state index contributed by atoms with van der Waals surface area (Å²) in [5.74, 6) is -0.102. The van der Waals surface area contributed by atoms with Crippen molar-refractivity contribution in [2.75, 3.05) is 0 Å². The van der Waals surface area contributed by atoms with E-state index < -0.39 is 6.09 Å². The molecule has 13 heavy (non-hydrogen) atoms. The van der Waals surface area contributed by atoms with Gasteiger partial charge in [-0.15, -0.1) is 0 Å². The van der Waals surface area contributed by atoms with Crippen LogP contribution < -0.4 is 10.5 Å². The molecule has 1 rings (SSSR count). The van der Waals surface area contributed by atoms with Crippen LogP contribution in [-0.2, 0) is 0 Å². The van der Waals surface area contributed by atoms with E-state index in [2.05, 4.69) is 9.72 Å². The molecule has 5 nitrogen and oxygen atoms in total. The number of rotatable bonds is 2. The highest BCUT2D eigenvalue weighted by molar-refractivity contribution is 7.15. The highest BCUT2D eigenvalue weighted by Crippen LogP contribution is 2.24. The van der Waals surface area contributed by atoms with E-state index in [4.69, 9.17) is 5.73 Å². The van der Waals surface area contributed by atoms with Crippen LogP contribution in [0.1, 0.15) is 22.3 Å². The van der Waals surface area contributed by atoms with Crippen LogP contribution in [0.5, 0.6) is 5.19 Å². The molecule has 0 spiro atoms. The van der Waals surface area contributed by atoms with Crippen LogP contribution in [0.3, 0.4) is 0 Å². The topological polar surface area (TPSA) is 82.3 Å². The first-order valence-corrected chi connectivity index (χ1v) is 4.28. The first-order chi connectivity index (χ1) is 6.00. The summed E-state index contributed by atoms with van der Waals surface area (Å²) >= 11 is 1.01. The summed E-state index contributed by atoms with van der Waals surface area (Å²) in [6.45, 7) is 3.09. The van der Waals surface area contributed by atoms with Gasteiger partial charge in [-0.3, -0.25) is 4.79 Å². The number of aromatic nitrogens is 1. The zero-order valence-corrected chi connectivity index (χ0v) is 7.97. The Balaban J connectivity index is 2.95. The van der Waals surface area contributed by atoms with E-state index in [9.17, 15) is 9.59 Å². The van der Waals surface area contributed by atoms with Gasteiger partial charge in [0.05, 0.1) is 10.6 Å². The fourth-order valence-corrected chi connectivity index (χ4v) is 1.65. The molecule has 2 N–H and O–H groups in total. The van der Waals surface area contributed by atoms with Crippen LogP contribution in [0.2, 0.25) is 0 Å². The normalized spacial score (nSPS) is 9.69. The first kappa shape index (κ1) is 9.66. The number of nitrogens with zero attached hydrogens (tertiary/aromatic N) is 1. The van der Waals surface area contributed by atoms with Gasteiger partial charge in [-0.25, -0.2) is 9.78 Å². The zero-order valence-electron chi connectivity index (χ0n) is 7.16. The van der Waals surface area contributed by atoms with Crippen LogP contribution in [0, 0.1) is 6.92 Å². The Morgan fingerprint density at radius 1 is 1.54 bits per heavy atom. The van der Waals surface area contributed by atoms with E-state index in [1.165, 1.54) is 6.92 Å². The second kappa shape index (κ2) is 3.53. The van der Waals surface area contributed by atoms with Crippen LogP contribution in [0.25, 0.3) is 0 Å². The van der Waals surface area contributed by atoms with Gasteiger partial charge in [-0.2, -0.15) is 0 Å². The number of aryl methyl sites for hydroxylation is 1. The quantitative estimate of drug-likeness (QED) is 0.725. The maximum atomic E-state index is 11.0. The summed E-state index contributed by atoms with van der Waals surface area (Å²) in [6, 6.07) is 0. The minimum atomic E-state index is -0.927. The third-order valence-electron chi connectivity index (χ3n) is 1.28. The minimum Gasteiger partial charge on any atom is -0.381 e. The lowest BCUT2D eigenvalue weighted by Crippen LogP contribution is -2.15. The molecule has 0 fully saturated rings. The summed E-state index contributed by atoms with van der Waals surface area (Å²) in [4.78, 5) is 25.6. The molecule has 1 heterocycles. The molecule has 0 aliphatic carbocycles. The van der Waals surface area contributed by atoms with Gasteiger partial charge in [0.1, 0.15) is 0 Å². The molecule has 0 atom stereocenters. The number of thiazole rings is 1. The average molecular weight is 200 g/mol. The molecule has 0 aromatic carbocycles. The molecule has 0 unspecified atom stereocenters. The third kappa shape index (κ3) is 2.25. The Bertz CT molecular complexity index is 359. The molecule has 1 aromatic heterocycles. The number of nitrogens with two attached hydrogens (primary N) is 1. The SMILES string of the molecule is CC(=O)c1sc(OC(N)=O)nc1C. The van der Waals surface area contributed by atoms with Gasteiger partial charge in [-0.05, 0) is 6.92 Å². The lowest BCUT2D eigenvalue weighted by Gasteiger charge is -1.90. The number of hydrogen-bond acceptors (Lipinski definition) is 5. The van der Waals surface area contributed by atoms with Crippen LogP contribution in [0.15, 0.2) is 0 Å². The van der Waals surface area contributed by atoms with Crippen molar-refractivity contribution < 1.29 is 14.3 Å². The summed E-state index contributed by atoms with van der Waals surface area (Å²) in [7, 11) is 0. The fraction of sp³-hybridized carbons (Fsp3) is 0.286. The molecule has 1 aromatic rings. The molecule has 0 bridgehead atoms. The fourth-order valence-electron chi connectivity index (χ4n) is 0.828. The average Bonchev–Trinajstić information content (AvgIpc) is 2.29. The molecular formula is C7H8N2O3S. The molecule has 0 saturated carbocycles. The summed E-state index contributed by atoms with van der Waals surface area (Å²) in [5.41, 5.74) is 5.33. The number of Topliss-reactive ketones (excluding diaryl/α,β-unsaturated/α-hetero) is 1. The lowest BCUT2D eigenvalue weighted by atomic mass is 10.3. The standard InChI is InChI=1S/C7H8N2O3S/c1-3-5(4(2)10)13-7(9-3)12-6(8)11/h1-2H3,(H2,8,11). The molecule has 0 radical (unpaired) electrons. The number of amides is 1. The second-order valence-corrected chi connectivity index (χ2v) is 3.33. The van der Waals surface area contributed by atoms with Gasteiger partial charge < -0.3 is 10.5 Å². The van der Waals surface area contributed by atoms with Gasteiger partial charge in [0.15, 0.2) is 5.78 Å². The van der Waals surface area contributed by atoms with Crippen molar-refractivity contribution in [3.63, 3.8) is 0 Å². The monoisotopic (exact) mass is 200 g/mol. The van der Waals surface area contributed by atoms with Crippen LogP contribution in [-0.4, -0.2) is 16.9 Å². The summed E-state index contributed by atoms with van der Waals surface area (Å²) in [5, 5.41) is 0.107. The van der Waals surface area contributed by atoms with Gasteiger partial charge in [-0.1, -0.05) is 11.3 Å². The number of ketones is 1. The summed E-state index contributed by atoms with van der Waals surface area (Å²) in [6.07, 6.45) is -0.927. The number of primary amides is 1. The Morgan fingerprint density at radius 3 is 2.54 bits per heavy atom. The van der Waals surface area contributed by atoms with E-state index in [-0.39, 0.29) is 11.0 Å². The predicted octanol–water partition coefficient (Wildman–Crippen LogP) is 1.11. The molecule has 70 valence electrons. The van der Waals surface area contributed by atoms with Crippen molar-refractivity contribution in [2.24, 2.45) is 5.73 Å². The lowest BCUT2D eigenvalue weighted by molar-refractivity contribution is 0.102. The van der Waals surface area contributed by atoms with Crippen molar-refractivity contribution >= 4 is 23.2 Å². The molecule has 0 aliphatic rings. The Hall–Kier alpha value is -1.43.